The van der Waals surface area contributed by atoms with Crippen LogP contribution in [0.3, 0.4) is 0 Å². The van der Waals surface area contributed by atoms with Crippen molar-refractivity contribution in [3.8, 4) is 0 Å². The Morgan fingerprint density at radius 3 is 2.59 bits per heavy atom. The van der Waals surface area contributed by atoms with Gasteiger partial charge in [-0.15, -0.1) is 11.6 Å². The first-order chi connectivity index (χ1) is 7.98. The normalized spacial score (nSPS) is 16.5. The molecule has 0 heterocycles. The first-order valence-corrected chi connectivity index (χ1v) is 7.58. The van der Waals surface area contributed by atoms with Crippen molar-refractivity contribution in [3.63, 3.8) is 0 Å². The molecule has 0 spiro atoms. The first kappa shape index (κ1) is 12.9. The summed E-state index contributed by atoms with van der Waals surface area (Å²) >= 11 is 5.80. The van der Waals surface area contributed by atoms with Crippen LogP contribution >= 0.6 is 11.6 Å². The highest BCUT2D eigenvalue weighted by atomic mass is 35.5. The number of hydrogen-bond acceptors (Lipinski definition) is 2. The van der Waals surface area contributed by atoms with E-state index in [4.69, 9.17) is 11.6 Å². The Morgan fingerprint density at radius 1 is 1.41 bits per heavy atom. The smallest absolute Gasteiger partial charge is 0.207 e. The monoisotopic (exact) mass is 273 g/mol. The average molecular weight is 274 g/mol. The van der Waals surface area contributed by atoms with Gasteiger partial charge in [0.05, 0.1) is 4.90 Å². The van der Waals surface area contributed by atoms with Gasteiger partial charge in [-0.3, -0.25) is 0 Å². The molecule has 5 heteroatoms. The van der Waals surface area contributed by atoms with Crippen molar-refractivity contribution in [2.75, 3.05) is 7.05 Å². The summed E-state index contributed by atoms with van der Waals surface area (Å²) in [6, 6.07) is 5.44. The van der Waals surface area contributed by atoms with Gasteiger partial charge < -0.3 is 0 Å². The molecular weight excluding hydrogens is 258 g/mol. The van der Waals surface area contributed by atoms with Crippen LogP contribution in [0.1, 0.15) is 24.0 Å². The number of hydrogen-bond donors (Lipinski definition) is 0. The molecule has 1 saturated carbocycles. The maximum Gasteiger partial charge on any atom is 0.243 e. The van der Waals surface area contributed by atoms with E-state index in [2.05, 4.69) is 0 Å². The van der Waals surface area contributed by atoms with Crippen molar-refractivity contribution in [3.05, 3.63) is 29.3 Å². The van der Waals surface area contributed by atoms with E-state index < -0.39 is 10.0 Å². The lowest BCUT2D eigenvalue weighted by atomic mass is 10.1. The molecule has 1 aromatic carbocycles. The molecule has 0 N–H and O–H groups in total. The van der Waals surface area contributed by atoms with Crippen LogP contribution in [-0.2, 0) is 15.9 Å². The van der Waals surface area contributed by atoms with Crippen LogP contribution in [0.25, 0.3) is 0 Å². The summed E-state index contributed by atoms with van der Waals surface area (Å²) in [7, 11) is -1.71. The summed E-state index contributed by atoms with van der Waals surface area (Å²) in [6.07, 6.45) is 1.92. The van der Waals surface area contributed by atoms with E-state index in [1.807, 2.05) is 13.0 Å². The Kier molecular flexibility index (Phi) is 3.48. The summed E-state index contributed by atoms with van der Waals surface area (Å²) in [5.41, 5.74) is 1.63. The average Bonchev–Trinajstić information content (AvgIpc) is 3.12. The van der Waals surface area contributed by atoms with Gasteiger partial charge in [-0.1, -0.05) is 12.1 Å². The van der Waals surface area contributed by atoms with Gasteiger partial charge in [0.25, 0.3) is 0 Å². The van der Waals surface area contributed by atoms with Crippen LogP contribution in [0.4, 0.5) is 0 Å². The van der Waals surface area contributed by atoms with Crippen LogP contribution in [0.5, 0.6) is 0 Å². The molecule has 94 valence electrons. The quantitative estimate of drug-likeness (QED) is 0.791. The van der Waals surface area contributed by atoms with Crippen LogP contribution in [0.15, 0.2) is 23.1 Å². The summed E-state index contributed by atoms with van der Waals surface area (Å²) in [5.74, 6) is 0.336. The molecule has 1 aromatic rings. The fourth-order valence-corrected chi connectivity index (χ4v) is 3.85. The summed E-state index contributed by atoms with van der Waals surface area (Å²) in [5, 5.41) is 0. The molecule has 1 fully saturated rings. The second kappa shape index (κ2) is 4.59. The predicted molar refractivity (Wildman–Crippen MR) is 68.7 cm³/mol. The van der Waals surface area contributed by atoms with E-state index in [0.717, 1.165) is 24.0 Å². The third kappa shape index (κ3) is 2.34. The highest BCUT2D eigenvalue weighted by Gasteiger charge is 2.35. The lowest BCUT2D eigenvalue weighted by Gasteiger charge is -2.18. The number of halogens is 1. The molecule has 0 saturated heterocycles. The fraction of sp³-hybridized carbons (Fsp3) is 0.500. The molecule has 0 atom stereocenters. The third-order valence-electron chi connectivity index (χ3n) is 3.26. The van der Waals surface area contributed by atoms with Crippen molar-refractivity contribution in [1.82, 2.24) is 4.31 Å². The van der Waals surface area contributed by atoms with Gasteiger partial charge in [0.2, 0.25) is 10.0 Å². The summed E-state index contributed by atoms with van der Waals surface area (Å²) < 4.78 is 26.3. The molecule has 0 radical (unpaired) electrons. The predicted octanol–water partition coefficient (Wildman–Crippen LogP) is 2.52. The Hall–Kier alpha value is -0.580. The van der Waals surface area contributed by atoms with Crippen molar-refractivity contribution in [2.45, 2.75) is 36.6 Å². The van der Waals surface area contributed by atoms with E-state index >= 15 is 0 Å². The van der Waals surface area contributed by atoms with Crippen molar-refractivity contribution in [2.24, 2.45) is 0 Å². The lowest BCUT2D eigenvalue weighted by molar-refractivity contribution is 0.463. The van der Waals surface area contributed by atoms with Gasteiger partial charge >= 0.3 is 0 Å². The van der Waals surface area contributed by atoms with Crippen LogP contribution in [0.2, 0.25) is 0 Å². The number of rotatable bonds is 4. The first-order valence-electron chi connectivity index (χ1n) is 5.61. The SMILES string of the molecule is Cc1c(CCl)cccc1S(=O)(=O)N(C)C1CC1. The summed E-state index contributed by atoms with van der Waals surface area (Å²) in [6.45, 7) is 1.81. The van der Waals surface area contributed by atoms with Crippen LogP contribution < -0.4 is 0 Å². The third-order valence-corrected chi connectivity index (χ3v) is 5.60. The Morgan fingerprint density at radius 2 is 2.06 bits per heavy atom. The van der Waals surface area contributed by atoms with Crippen LogP contribution in [0, 0.1) is 6.92 Å². The molecule has 0 unspecified atom stereocenters. The van der Waals surface area contributed by atoms with Crippen LogP contribution in [-0.4, -0.2) is 25.8 Å². The Balaban J connectivity index is 2.45. The fourth-order valence-electron chi connectivity index (χ4n) is 1.87. The number of benzene rings is 1. The second-order valence-electron chi connectivity index (χ2n) is 4.43. The lowest BCUT2D eigenvalue weighted by Crippen LogP contribution is -2.29. The van der Waals surface area contributed by atoms with Gasteiger partial charge in [0.15, 0.2) is 0 Å². The largest absolute Gasteiger partial charge is 0.243 e. The van der Waals surface area contributed by atoms with E-state index in [0.29, 0.717) is 10.8 Å². The molecule has 1 aliphatic carbocycles. The molecule has 0 bridgehead atoms. The molecule has 1 aliphatic rings. The number of nitrogens with zero attached hydrogens (tertiary/aromatic N) is 1. The second-order valence-corrected chi connectivity index (χ2v) is 6.66. The molecule has 2 rings (SSSR count). The van der Waals surface area contributed by atoms with Crippen molar-refractivity contribution < 1.29 is 8.42 Å². The highest BCUT2D eigenvalue weighted by Crippen LogP contribution is 2.32. The zero-order chi connectivity index (χ0) is 12.6. The van der Waals surface area contributed by atoms with Gasteiger partial charge in [0.1, 0.15) is 0 Å². The van der Waals surface area contributed by atoms with Gasteiger partial charge in [0, 0.05) is 19.0 Å². The van der Waals surface area contributed by atoms with Crippen molar-refractivity contribution >= 4 is 21.6 Å². The minimum absolute atomic E-state index is 0.180. The molecule has 0 aliphatic heterocycles. The van der Waals surface area contributed by atoms with E-state index in [1.165, 1.54) is 4.31 Å². The minimum Gasteiger partial charge on any atom is -0.207 e. The molecule has 3 nitrogen and oxygen atoms in total. The Bertz CT molecular complexity index is 523. The standard InChI is InChI=1S/C12H16ClNO2S/c1-9-10(8-13)4-3-5-12(9)17(15,16)14(2)11-6-7-11/h3-5,11H,6-8H2,1-2H3. The summed E-state index contributed by atoms with van der Waals surface area (Å²) in [4.78, 5) is 0.380. The van der Waals surface area contributed by atoms with Gasteiger partial charge in [-0.25, -0.2) is 8.42 Å². The number of alkyl halides is 1. The molecule has 0 aromatic heterocycles. The van der Waals surface area contributed by atoms with E-state index in [1.54, 1.807) is 19.2 Å². The molecular formula is C12H16ClNO2S. The van der Waals surface area contributed by atoms with Gasteiger partial charge in [-0.2, -0.15) is 4.31 Å². The van der Waals surface area contributed by atoms with E-state index in [-0.39, 0.29) is 6.04 Å². The maximum atomic E-state index is 12.4. The maximum absolute atomic E-state index is 12.4. The molecule has 0 amide bonds. The Labute approximate surface area is 107 Å². The van der Waals surface area contributed by atoms with Crippen molar-refractivity contribution in [1.29, 1.82) is 0 Å². The van der Waals surface area contributed by atoms with Gasteiger partial charge in [-0.05, 0) is 37.0 Å². The highest BCUT2D eigenvalue weighted by molar-refractivity contribution is 7.89. The zero-order valence-corrected chi connectivity index (χ0v) is 11.6. The topological polar surface area (TPSA) is 37.4 Å². The van der Waals surface area contributed by atoms with E-state index in [9.17, 15) is 8.42 Å². The zero-order valence-electron chi connectivity index (χ0n) is 9.98. The molecule has 17 heavy (non-hydrogen) atoms. The number of sulfonamides is 1. The minimum atomic E-state index is -3.36.